The van der Waals surface area contributed by atoms with Crippen molar-refractivity contribution in [2.75, 3.05) is 0 Å². The van der Waals surface area contributed by atoms with E-state index in [0.29, 0.717) is 0 Å². The largest absolute Gasteiger partial charge is 0.342 e. The van der Waals surface area contributed by atoms with Crippen LogP contribution in [0.2, 0.25) is 0 Å². The monoisotopic (exact) mass is 534 g/mol. The van der Waals surface area contributed by atoms with Crippen LogP contribution in [0.1, 0.15) is 36.4 Å². The molecule has 2 aromatic heterocycles. The Morgan fingerprint density at radius 1 is 1.13 bits per heavy atom. The van der Waals surface area contributed by atoms with Crippen LogP contribution in [0.4, 0.5) is 0 Å². The van der Waals surface area contributed by atoms with Crippen LogP contribution in [-0.2, 0) is 19.9 Å². The number of nitrogens with zero attached hydrogens (tertiary/aromatic N) is 3. The van der Waals surface area contributed by atoms with E-state index in [2.05, 4.69) is 47.4 Å². The van der Waals surface area contributed by atoms with E-state index in [1.807, 2.05) is 13.1 Å². The van der Waals surface area contributed by atoms with Crippen LogP contribution in [0, 0.1) is 6.20 Å². The molecule has 0 saturated heterocycles. The van der Waals surface area contributed by atoms with Gasteiger partial charge in [-0.15, -0.1) is 12.1 Å². The third-order valence-corrected chi connectivity index (χ3v) is 5.17. The van der Waals surface area contributed by atoms with Crippen LogP contribution in [0.25, 0.3) is 22.4 Å². The molecule has 4 heteroatoms. The average Bonchev–Trinajstić information content (AvgIpc) is 3.10. The summed E-state index contributed by atoms with van der Waals surface area (Å²) in [5.41, 5.74) is 10.7. The number of aromatic nitrogens is 3. The fraction of sp³-hybridized carbons (Fsp3) is 0.263. The zero-order valence-corrected chi connectivity index (χ0v) is 16.2. The molecule has 0 amide bonds. The summed E-state index contributed by atoms with van der Waals surface area (Å²) in [5.74, 6) is 1.14. The molecule has 3 heterocycles. The van der Waals surface area contributed by atoms with Crippen molar-refractivity contribution >= 4 is 16.7 Å². The Bertz CT molecular complexity index is 1010. The average molecular weight is 534 g/mol. The van der Waals surface area contributed by atoms with Crippen molar-refractivity contribution in [1.82, 2.24) is 9.55 Å². The number of pyridine rings is 1. The number of benzene rings is 1. The van der Waals surface area contributed by atoms with Crippen molar-refractivity contribution < 1.29 is 4.57 Å². The molecule has 3 nitrogen and oxygen atoms in total. The maximum Gasteiger partial charge on any atom is 0.205 e. The van der Waals surface area contributed by atoms with E-state index in [1.165, 1.54) is 33.5 Å². The van der Waals surface area contributed by atoms with Gasteiger partial charge in [0, 0.05) is 22.8 Å². The zero-order chi connectivity index (χ0) is 15.0. The second-order valence-electron chi connectivity index (χ2n) is 6.46. The number of hydrogen-bond acceptors (Lipinski definition) is 1. The Kier molecular flexibility index (Phi) is 2.34. The minimum atomic E-state index is 0. The molecule has 23 heavy (non-hydrogen) atoms. The molecule has 1 aliphatic heterocycles. The molecule has 1 radical (unpaired) electrons. The predicted molar refractivity (Wildman–Crippen MR) is 85.9 cm³/mol. The summed E-state index contributed by atoms with van der Waals surface area (Å²) in [4.78, 5) is 4.84. The van der Waals surface area contributed by atoms with E-state index in [4.69, 9.17) is 4.98 Å². The molecule has 3 aromatic rings. The fourth-order valence-electron chi connectivity index (χ4n) is 3.99. The van der Waals surface area contributed by atoms with Crippen molar-refractivity contribution in [3.63, 3.8) is 0 Å². The van der Waals surface area contributed by atoms with Crippen molar-refractivity contribution in [2.45, 2.75) is 26.7 Å². The molecule has 5 rings (SSSR count). The Morgan fingerprint density at radius 3 is 2.74 bits per heavy atom. The summed E-state index contributed by atoms with van der Waals surface area (Å²) in [6, 6.07) is 8.58. The third kappa shape index (κ3) is 1.44. The predicted octanol–water partition coefficient (Wildman–Crippen LogP) is 2.90. The summed E-state index contributed by atoms with van der Waals surface area (Å²) >= 11 is 0. The first kappa shape index (κ1) is 13.3. The summed E-state index contributed by atoms with van der Waals surface area (Å²) < 4.78 is 4.41. The van der Waals surface area contributed by atoms with E-state index < -0.39 is 0 Å². The van der Waals surface area contributed by atoms with Gasteiger partial charge in [-0.3, -0.25) is 0 Å². The smallest absolute Gasteiger partial charge is 0.205 e. The fourth-order valence-corrected chi connectivity index (χ4v) is 3.99. The van der Waals surface area contributed by atoms with Crippen LogP contribution < -0.4 is 4.57 Å². The maximum absolute atomic E-state index is 4.84. The Labute approximate surface area is 129 Å². The maximum atomic E-state index is 4.84. The van der Waals surface area contributed by atoms with E-state index in [-0.39, 0.29) is 0 Å². The van der Waals surface area contributed by atoms with Crippen LogP contribution in [0.5, 0.6) is 0 Å². The first-order valence-corrected chi connectivity index (χ1v) is 7.75. The van der Waals surface area contributed by atoms with Gasteiger partial charge >= 0.3 is 0 Å². The van der Waals surface area contributed by atoms with Gasteiger partial charge in [0.15, 0.2) is 5.82 Å². The van der Waals surface area contributed by atoms with Gasteiger partial charge in [-0.05, 0) is 31.4 Å². The summed E-state index contributed by atoms with van der Waals surface area (Å²) in [6.45, 7) is 4.50. The minimum Gasteiger partial charge on any atom is -0.342 e. The number of fused-ring (bicyclic) bond motifs is 7. The summed E-state index contributed by atoms with van der Waals surface area (Å²) in [6.07, 6.45) is 5.25. The van der Waals surface area contributed by atoms with Crippen LogP contribution >= 0.6 is 0 Å². The first-order valence-electron chi connectivity index (χ1n) is 7.75. The number of allylic oxidation sites excluding steroid dienone is 2. The Hall–Kier alpha value is -3.42. The molecule has 2 aliphatic rings. The Balaban J connectivity index is 0.00000135. The first-order chi connectivity index (χ1) is 10.6. The van der Waals surface area contributed by atoms with E-state index in [1.54, 1.807) is 0 Å². The van der Waals surface area contributed by atoms with Crippen LogP contribution in [0.3, 0.4) is 0 Å². The van der Waals surface area contributed by atoms with Crippen LogP contribution in [-0.4, -0.2) is 9.55 Å². The van der Waals surface area contributed by atoms with Crippen molar-refractivity contribution in [1.29, 1.82) is 0 Å². The zero-order valence-electron chi connectivity index (χ0n) is 13.4. The molecule has 1 aromatic carbocycles. The molecule has 0 unspecified atom stereocenters. The minimum absolute atomic E-state index is 0. The van der Waals surface area contributed by atoms with Gasteiger partial charge in [0.05, 0.1) is 13.5 Å². The van der Waals surface area contributed by atoms with E-state index >= 15 is 0 Å². The standard InChI is InChI=1S/C19H17N3.Bk/c1-11-9-13-6-7-14-10-16-20-15-5-4-8-21(3)19(15)22(16)18(14)17(13)12(11)2;/h4-7H,9-10H2,1-3H3;. The number of aryl methyl sites for hydroxylation is 1. The van der Waals surface area contributed by atoms with Gasteiger partial charge in [0.25, 0.3) is 0 Å². The van der Waals surface area contributed by atoms with Crippen molar-refractivity contribution in [2.24, 2.45) is 7.05 Å². The van der Waals surface area contributed by atoms with Crippen LogP contribution in [0.15, 0.2) is 29.8 Å². The van der Waals surface area contributed by atoms with Gasteiger partial charge in [-0.25, -0.2) is 9.55 Å². The van der Waals surface area contributed by atoms with E-state index in [9.17, 15) is 0 Å². The second-order valence-corrected chi connectivity index (χ2v) is 6.46. The third-order valence-electron chi connectivity index (χ3n) is 5.17. The van der Waals surface area contributed by atoms with E-state index in [0.717, 1.165) is 29.8 Å². The number of hydrogen-bond donors (Lipinski definition) is 0. The normalized spacial score (nSPS) is 14.7. The number of rotatable bonds is 0. The van der Waals surface area contributed by atoms with Gasteiger partial charge in [0.2, 0.25) is 5.65 Å². The molecule has 0 fully saturated rings. The molecule has 117 valence electrons. The van der Waals surface area contributed by atoms with Gasteiger partial charge in [0.1, 0.15) is 5.69 Å². The van der Waals surface area contributed by atoms with Gasteiger partial charge in [-0.2, -0.15) is 0 Å². The summed E-state index contributed by atoms with van der Waals surface area (Å²) in [5, 5.41) is 0. The molecule has 0 N–H and O–H groups in total. The van der Waals surface area contributed by atoms with Crippen molar-refractivity contribution in [3.05, 3.63) is 58.6 Å². The quantitative estimate of drug-likeness (QED) is 0.251. The Morgan fingerprint density at radius 2 is 1.91 bits per heavy atom. The topological polar surface area (TPSA) is 21.7 Å². The second kappa shape index (κ2) is 4.07. The molecule has 0 saturated carbocycles. The van der Waals surface area contributed by atoms with Crippen molar-refractivity contribution in [3.8, 4) is 5.69 Å². The molecule has 0 spiro atoms. The molecule has 1 aliphatic carbocycles. The molecular formula is C19H17BkN3. The molecular weight excluding hydrogens is 517 g/mol. The summed E-state index contributed by atoms with van der Waals surface area (Å²) in [7, 11) is 2.05. The molecule has 0 atom stereocenters. The van der Waals surface area contributed by atoms with Gasteiger partial charge in [-0.1, -0.05) is 17.7 Å². The SMILES string of the molecule is CC1=C(C)c2c(ccc3c2-n2c(nc4cc[c-][n+](C)c42)C3)C1.[Bk]. The number of imidazole rings is 1. The van der Waals surface area contributed by atoms with Gasteiger partial charge < -0.3 is 4.57 Å². The molecule has 0 bridgehead atoms.